The summed E-state index contributed by atoms with van der Waals surface area (Å²) in [6, 6.07) is 3.67. The number of aromatic hydroxyl groups is 1. The fraction of sp³-hybridized carbons (Fsp3) is 0.214. The van der Waals surface area contributed by atoms with Crippen LogP contribution in [0.1, 0.15) is 30.1 Å². The molecule has 0 radical (unpaired) electrons. The molecule has 2 aromatic rings. The molecular formula is C14H13N5O2. The van der Waals surface area contributed by atoms with E-state index in [1.807, 2.05) is 19.1 Å². The van der Waals surface area contributed by atoms with Gasteiger partial charge in [-0.1, -0.05) is 0 Å². The van der Waals surface area contributed by atoms with E-state index < -0.39 is 0 Å². The molecule has 2 unspecified atom stereocenters. The third-order valence-electron chi connectivity index (χ3n) is 3.90. The third kappa shape index (κ3) is 1.78. The highest BCUT2D eigenvalue weighted by Crippen LogP contribution is 2.43. The Morgan fingerprint density at radius 3 is 2.48 bits per heavy atom. The summed E-state index contributed by atoms with van der Waals surface area (Å²) < 4.78 is 0. The fourth-order valence-electron chi connectivity index (χ4n) is 2.70. The van der Waals surface area contributed by atoms with E-state index in [2.05, 4.69) is 25.9 Å². The van der Waals surface area contributed by atoms with Crippen molar-refractivity contribution in [2.45, 2.75) is 19.0 Å². The summed E-state index contributed by atoms with van der Waals surface area (Å²) in [6.45, 7) is 1.89. The van der Waals surface area contributed by atoms with E-state index in [-0.39, 0.29) is 24.0 Å². The standard InChI is InChI=1S/C14H13N5O2/c1-6-8-2-10-11(3-9(8)19-13(6)20)18-12(17-10)7-4-15-14(21)16-5-7/h2-6,12,17-18H,1H3,(H,19,20)(H,15,16,21). The van der Waals surface area contributed by atoms with E-state index in [4.69, 9.17) is 5.11 Å². The van der Waals surface area contributed by atoms with Crippen LogP contribution in [0.5, 0.6) is 6.01 Å². The van der Waals surface area contributed by atoms with Gasteiger partial charge in [-0.05, 0) is 24.6 Å². The predicted octanol–water partition coefficient (Wildman–Crippen LogP) is 1.77. The maximum Gasteiger partial charge on any atom is 0.313 e. The van der Waals surface area contributed by atoms with Gasteiger partial charge in [0.1, 0.15) is 6.17 Å². The lowest BCUT2D eigenvalue weighted by molar-refractivity contribution is -0.116. The summed E-state index contributed by atoms with van der Waals surface area (Å²) in [7, 11) is 0. The minimum atomic E-state index is -0.246. The number of carbonyl (C=O) groups is 1. The van der Waals surface area contributed by atoms with Gasteiger partial charge in [0, 0.05) is 23.6 Å². The molecule has 0 spiro atoms. The fourth-order valence-corrected chi connectivity index (χ4v) is 2.70. The minimum absolute atomic E-state index is 0.0251. The number of amides is 1. The number of nitrogens with one attached hydrogen (secondary N) is 3. The van der Waals surface area contributed by atoms with Crippen LogP contribution >= 0.6 is 0 Å². The molecule has 1 aromatic heterocycles. The van der Waals surface area contributed by atoms with Crippen molar-refractivity contribution in [3.8, 4) is 6.01 Å². The summed E-state index contributed by atoms with van der Waals surface area (Å²) in [4.78, 5) is 19.2. The number of hydrogen-bond donors (Lipinski definition) is 4. The van der Waals surface area contributed by atoms with Crippen LogP contribution in [0, 0.1) is 0 Å². The Kier molecular flexibility index (Phi) is 2.32. The Morgan fingerprint density at radius 2 is 1.76 bits per heavy atom. The number of anilines is 3. The largest absolute Gasteiger partial charge is 0.479 e. The SMILES string of the molecule is CC1C(=O)Nc2cc3c(cc21)NC(c1cnc(O)nc1)N3. The average molecular weight is 283 g/mol. The normalized spacial score (nSPS) is 22.0. The molecule has 0 bridgehead atoms. The molecule has 106 valence electrons. The Morgan fingerprint density at radius 1 is 1.10 bits per heavy atom. The van der Waals surface area contributed by atoms with Gasteiger partial charge in [0.25, 0.3) is 0 Å². The van der Waals surface area contributed by atoms with Gasteiger partial charge in [0.15, 0.2) is 0 Å². The first-order chi connectivity index (χ1) is 10.1. The quantitative estimate of drug-likeness (QED) is 0.636. The zero-order valence-electron chi connectivity index (χ0n) is 11.2. The first kappa shape index (κ1) is 12.0. The molecular weight excluding hydrogens is 270 g/mol. The van der Waals surface area contributed by atoms with Gasteiger partial charge < -0.3 is 21.1 Å². The number of aromatic nitrogens is 2. The van der Waals surface area contributed by atoms with Crippen LogP contribution in [0.15, 0.2) is 24.5 Å². The van der Waals surface area contributed by atoms with Crippen molar-refractivity contribution in [3.05, 3.63) is 35.7 Å². The van der Waals surface area contributed by atoms with Gasteiger partial charge in [-0.25, -0.2) is 9.97 Å². The molecule has 4 N–H and O–H groups in total. The van der Waals surface area contributed by atoms with Crippen molar-refractivity contribution in [2.75, 3.05) is 16.0 Å². The highest BCUT2D eigenvalue weighted by Gasteiger charge is 2.30. The van der Waals surface area contributed by atoms with Crippen LogP contribution in [0.3, 0.4) is 0 Å². The summed E-state index contributed by atoms with van der Waals surface area (Å²) in [5.74, 6) is -0.111. The van der Waals surface area contributed by atoms with Gasteiger partial charge >= 0.3 is 6.01 Å². The second kappa shape index (κ2) is 4.08. The predicted molar refractivity (Wildman–Crippen MR) is 77.2 cm³/mol. The molecule has 7 heteroatoms. The number of hydrogen-bond acceptors (Lipinski definition) is 6. The maximum absolute atomic E-state index is 11.7. The van der Waals surface area contributed by atoms with Crippen molar-refractivity contribution in [1.29, 1.82) is 0 Å². The van der Waals surface area contributed by atoms with E-state index >= 15 is 0 Å². The van der Waals surface area contributed by atoms with Crippen LogP contribution in [-0.4, -0.2) is 21.0 Å². The molecule has 21 heavy (non-hydrogen) atoms. The zero-order valence-corrected chi connectivity index (χ0v) is 11.2. The Labute approximate surface area is 120 Å². The summed E-state index contributed by atoms with van der Waals surface area (Å²) in [5, 5.41) is 18.6. The molecule has 0 saturated carbocycles. The molecule has 7 nitrogen and oxygen atoms in total. The third-order valence-corrected chi connectivity index (χ3v) is 3.90. The number of carbonyl (C=O) groups excluding carboxylic acids is 1. The van der Waals surface area contributed by atoms with E-state index in [0.717, 1.165) is 28.2 Å². The summed E-state index contributed by atoms with van der Waals surface area (Å²) in [6.07, 6.45) is 2.97. The first-order valence-electron chi connectivity index (χ1n) is 6.64. The molecule has 0 aliphatic carbocycles. The van der Waals surface area contributed by atoms with E-state index in [0.29, 0.717) is 0 Å². The lowest BCUT2D eigenvalue weighted by Gasteiger charge is -2.11. The highest BCUT2D eigenvalue weighted by atomic mass is 16.3. The van der Waals surface area contributed by atoms with Crippen LogP contribution in [-0.2, 0) is 4.79 Å². The van der Waals surface area contributed by atoms with Crippen LogP contribution < -0.4 is 16.0 Å². The second-order valence-corrected chi connectivity index (χ2v) is 5.23. The molecule has 2 atom stereocenters. The van der Waals surface area contributed by atoms with Crippen molar-refractivity contribution < 1.29 is 9.90 Å². The van der Waals surface area contributed by atoms with E-state index in [9.17, 15) is 4.79 Å². The van der Waals surface area contributed by atoms with Crippen molar-refractivity contribution in [2.24, 2.45) is 0 Å². The van der Waals surface area contributed by atoms with E-state index in [1.165, 1.54) is 0 Å². The Balaban J connectivity index is 1.66. The zero-order chi connectivity index (χ0) is 14.6. The van der Waals surface area contributed by atoms with Gasteiger partial charge in [0.2, 0.25) is 5.91 Å². The van der Waals surface area contributed by atoms with E-state index in [1.54, 1.807) is 12.4 Å². The Hall–Kier alpha value is -2.83. The Bertz CT molecular complexity index is 744. The van der Waals surface area contributed by atoms with Crippen LogP contribution in [0.25, 0.3) is 0 Å². The molecule has 3 heterocycles. The molecule has 1 amide bonds. The number of benzene rings is 1. The maximum atomic E-state index is 11.7. The average Bonchev–Trinajstić information content (AvgIpc) is 2.99. The molecule has 0 fully saturated rings. The summed E-state index contributed by atoms with van der Waals surface area (Å²) in [5.41, 5.74) is 4.52. The number of rotatable bonds is 1. The lowest BCUT2D eigenvalue weighted by Crippen LogP contribution is -2.12. The van der Waals surface area contributed by atoms with Crippen LogP contribution in [0.2, 0.25) is 0 Å². The van der Waals surface area contributed by atoms with Crippen molar-refractivity contribution in [1.82, 2.24) is 9.97 Å². The van der Waals surface area contributed by atoms with Crippen LogP contribution in [0.4, 0.5) is 17.1 Å². The monoisotopic (exact) mass is 283 g/mol. The van der Waals surface area contributed by atoms with Gasteiger partial charge in [-0.3, -0.25) is 4.79 Å². The highest BCUT2D eigenvalue weighted by molar-refractivity contribution is 6.04. The lowest BCUT2D eigenvalue weighted by atomic mass is 10.0. The molecule has 1 aromatic carbocycles. The molecule has 2 aliphatic heterocycles. The van der Waals surface area contributed by atoms with Crippen molar-refractivity contribution in [3.63, 3.8) is 0 Å². The topological polar surface area (TPSA) is 99.2 Å². The van der Waals surface area contributed by atoms with Gasteiger partial charge in [-0.2, -0.15) is 0 Å². The summed E-state index contributed by atoms with van der Waals surface area (Å²) >= 11 is 0. The number of fused-ring (bicyclic) bond motifs is 2. The molecule has 2 aliphatic rings. The minimum Gasteiger partial charge on any atom is -0.479 e. The van der Waals surface area contributed by atoms with Crippen molar-refractivity contribution >= 4 is 23.0 Å². The smallest absolute Gasteiger partial charge is 0.313 e. The molecule has 0 saturated heterocycles. The van der Waals surface area contributed by atoms with Gasteiger partial charge in [0.05, 0.1) is 17.3 Å². The second-order valence-electron chi connectivity index (χ2n) is 5.23. The first-order valence-corrected chi connectivity index (χ1v) is 6.64. The molecule has 4 rings (SSSR count). The number of nitrogens with zero attached hydrogens (tertiary/aromatic N) is 2. The van der Waals surface area contributed by atoms with Gasteiger partial charge in [-0.15, -0.1) is 0 Å².